The van der Waals surface area contributed by atoms with E-state index in [1.165, 1.54) is 12.8 Å². The fraction of sp³-hybridized carbons (Fsp3) is 1.00. The Bertz CT molecular complexity index is 110. The van der Waals surface area contributed by atoms with Crippen molar-refractivity contribution < 1.29 is 4.39 Å². The van der Waals surface area contributed by atoms with Gasteiger partial charge in [-0.2, -0.15) is 0 Å². The van der Waals surface area contributed by atoms with Gasteiger partial charge in [-0.25, -0.2) is 0 Å². The van der Waals surface area contributed by atoms with E-state index in [1.54, 1.807) is 0 Å². The lowest BCUT2D eigenvalue weighted by molar-refractivity contribution is 0.209. The minimum Gasteiger partial charge on any atom is -0.330 e. The summed E-state index contributed by atoms with van der Waals surface area (Å²) in [7, 11) is 0. The van der Waals surface area contributed by atoms with E-state index in [2.05, 4.69) is 5.32 Å². The second-order valence-corrected chi connectivity index (χ2v) is 3.60. The summed E-state index contributed by atoms with van der Waals surface area (Å²) in [5, 5.41) is 3.30. The molecule has 1 rings (SSSR count). The lowest BCUT2D eigenvalue weighted by Gasteiger charge is -2.28. The number of nitrogens with one attached hydrogen (secondary N) is 1. The summed E-state index contributed by atoms with van der Waals surface area (Å²) < 4.78 is 12.5. The smallest absolute Gasteiger partial charge is 0.0926 e. The summed E-state index contributed by atoms with van der Waals surface area (Å²) in [5.74, 6) is 0.718. The van der Waals surface area contributed by atoms with Gasteiger partial charge < -0.3 is 11.1 Å². The van der Waals surface area contributed by atoms with Gasteiger partial charge in [-0.1, -0.05) is 0 Å². The molecule has 72 valence electrons. The zero-order valence-electron chi connectivity index (χ0n) is 7.56. The Morgan fingerprint density at radius 3 is 2.92 bits per heavy atom. The number of rotatable bonds is 4. The van der Waals surface area contributed by atoms with Crippen LogP contribution in [0.4, 0.5) is 4.39 Å². The quantitative estimate of drug-likeness (QED) is 0.665. The highest BCUT2D eigenvalue weighted by Crippen LogP contribution is 2.22. The third kappa shape index (κ3) is 2.72. The molecule has 0 amide bonds. The highest BCUT2D eigenvalue weighted by Gasteiger charge is 2.22. The van der Waals surface area contributed by atoms with E-state index in [9.17, 15) is 4.39 Å². The zero-order chi connectivity index (χ0) is 8.81. The topological polar surface area (TPSA) is 38.0 Å². The van der Waals surface area contributed by atoms with Crippen molar-refractivity contribution in [2.75, 3.05) is 26.3 Å². The summed E-state index contributed by atoms with van der Waals surface area (Å²) >= 11 is 0. The molecule has 1 aliphatic rings. The maximum atomic E-state index is 12.5. The van der Waals surface area contributed by atoms with Crippen LogP contribution in [0.15, 0.2) is 0 Å². The van der Waals surface area contributed by atoms with Crippen LogP contribution < -0.4 is 11.1 Å². The Morgan fingerprint density at radius 2 is 2.42 bits per heavy atom. The van der Waals surface area contributed by atoms with Crippen LogP contribution in [0, 0.1) is 11.8 Å². The predicted molar refractivity (Wildman–Crippen MR) is 48.7 cm³/mol. The largest absolute Gasteiger partial charge is 0.330 e. The van der Waals surface area contributed by atoms with Crippen molar-refractivity contribution in [1.29, 1.82) is 0 Å². The molecule has 1 aliphatic heterocycles. The van der Waals surface area contributed by atoms with E-state index in [1.807, 2.05) is 0 Å². The second kappa shape index (κ2) is 5.49. The van der Waals surface area contributed by atoms with Crippen molar-refractivity contribution in [2.45, 2.75) is 19.3 Å². The van der Waals surface area contributed by atoms with Gasteiger partial charge in [0.15, 0.2) is 0 Å². The predicted octanol–water partition coefficient (Wildman–Crippen LogP) is 0.921. The molecule has 0 aromatic carbocycles. The van der Waals surface area contributed by atoms with Gasteiger partial charge in [0, 0.05) is 0 Å². The third-order valence-corrected chi connectivity index (χ3v) is 2.74. The first-order valence-electron chi connectivity index (χ1n) is 4.85. The molecular weight excluding hydrogens is 155 g/mol. The number of piperidine rings is 1. The number of halogens is 1. The Balaban J connectivity index is 2.29. The van der Waals surface area contributed by atoms with Crippen LogP contribution in [0.25, 0.3) is 0 Å². The average Bonchev–Trinajstić information content (AvgIpc) is 2.15. The van der Waals surface area contributed by atoms with Gasteiger partial charge >= 0.3 is 0 Å². The van der Waals surface area contributed by atoms with Gasteiger partial charge in [-0.05, 0) is 50.7 Å². The summed E-state index contributed by atoms with van der Waals surface area (Å²) in [4.78, 5) is 0. The van der Waals surface area contributed by atoms with Crippen molar-refractivity contribution in [1.82, 2.24) is 5.32 Å². The lowest BCUT2D eigenvalue weighted by Crippen LogP contribution is -2.35. The first-order chi connectivity index (χ1) is 5.88. The van der Waals surface area contributed by atoms with Crippen LogP contribution in [-0.4, -0.2) is 26.3 Å². The molecule has 1 fully saturated rings. The van der Waals surface area contributed by atoms with E-state index >= 15 is 0 Å². The van der Waals surface area contributed by atoms with Gasteiger partial charge in [0.2, 0.25) is 0 Å². The van der Waals surface area contributed by atoms with E-state index in [-0.39, 0.29) is 12.6 Å². The highest BCUT2D eigenvalue weighted by molar-refractivity contribution is 4.76. The number of nitrogens with two attached hydrogens (primary N) is 1. The van der Waals surface area contributed by atoms with Crippen molar-refractivity contribution in [3.05, 3.63) is 0 Å². The molecule has 3 heteroatoms. The molecule has 0 saturated carbocycles. The van der Waals surface area contributed by atoms with Crippen molar-refractivity contribution >= 4 is 0 Å². The van der Waals surface area contributed by atoms with E-state index in [0.717, 1.165) is 19.5 Å². The average molecular weight is 174 g/mol. The summed E-state index contributed by atoms with van der Waals surface area (Å²) in [6.07, 6.45) is 3.19. The minimum absolute atomic E-state index is 0.197. The number of hydrogen-bond acceptors (Lipinski definition) is 2. The summed E-state index contributed by atoms with van der Waals surface area (Å²) in [5.41, 5.74) is 5.42. The maximum absolute atomic E-state index is 12.5. The Kier molecular flexibility index (Phi) is 4.54. The first kappa shape index (κ1) is 9.93. The monoisotopic (exact) mass is 174 g/mol. The van der Waals surface area contributed by atoms with E-state index < -0.39 is 0 Å². The molecule has 1 saturated heterocycles. The molecule has 1 heterocycles. The lowest BCUT2D eigenvalue weighted by atomic mass is 9.85. The van der Waals surface area contributed by atoms with Crippen molar-refractivity contribution in [3.8, 4) is 0 Å². The highest BCUT2D eigenvalue weighted by atomic mass is 19.1. The van der Waals surface area contributed by atoms with Crippen molar-refractivity contribution in [2.24, 2.45) is 17.6 Å². The summed E-state index contributed by atoms with van der Waals surface area (Å²) in [6, 6.07) is 0. The van der Waals surface area contributed by atoms with E-state index in [0.29, 0.717) is 12.5 Å². The normalized spacial score (nSPS) is 27.0. The molecule has 0 radical (unpaired) electrons. The van der Waals surface area contributed by atoms with Crippen LogP contribution >= 0.6 is 0 Å². The SMILES string of the molecule is NCCC(CF)C1CCCNC1. The van der Waals surface area contributed by atoms with Gasteiger partial charge in [-0.15, -0.1) is 0 Å². The fourth-order valence-corrected chi connectivity index (χ4v) is 1.93. The first-order valence-corrected chi connectivity index (χ1v) is 4.85. The molecule has 0 bridgehead atoms. The molecule has 2 nitrogen and oxygen atoms in total. The number of alkyl halides is 1. The molecule has 2 unspecified atom stereocenters. The molecule has 0 aromatic rings. The summed E-state index contributed by atoms with van der Waals surface area (Å²) in [6.45, 7) is 2.49. The minimum atomic E-state index is -0.205. The molecule has 2 atom stereocenters. The zero-order valence-corrected chi connectivity index (χ0v) is 7.56. The van der Waals surface area contributed by atoms with Crippen molar-refractivity contribution in [3.63, 3.8) is 0 Å². The Morgan fingerprint density at radius 1 is 1.58 bits per heavy atom. The standard InChI is InChI=1S/C9H19FN2/c10-6-8(3-4-11)9-2-1-5-12-7-9/h8-9,12H,1-7,11H2. The fourth-order valence-electron chi connectivity index (χ4n) is 1.93. The van der Waals surface area contributed by atoms with E-state index in [4.69, 9.17) is 5.73 Å². The molecule has 3 N–H and O–H groups in total. The van der Waals surface area contributed by atoms with Crippen LogP contribution in [0.2, 0.25) is 0 Å². The third-order valence-electron chi connectivity index (χ3n) is 2.74. The molecule has 0 spiro atoms. The van der Waals surface area contributed by atoms with Crippen LogP contribution in [0.3, 0.4) is 0 Å². The number of hydrogen-bond donors (Lipinski definition) is 2. The van der Waals surface area contributed by atoms with Gasteiger partial charge in [-0.3, -0.25) is 4.39 Å². The molecule has 0 aliphatic carbocycles. The molecule has 0 aromatic heterocycles. The molecular formula is C9H19FN2. The Hall–Kier alpha value is -0.150. The van der Waals surface area contributed by atoms with Crippen LogP contribution in [0.1, 0.15) is 19.3 Å². The van der Waals surface area contributed by atoms with Gasteiger partial charge in [0.05, 0.1) is 6.67 Å². The Labute approximate surface area is 73.7 Å². The van der Waals surface area contributed by atoms with Crippen LogP contribution in [-0.2, 0) is 0 Å². The van der Waals surface area contributed by atoms with Gasteiger partial charge in [0.1, 0.15) is 0 Å². The van der Waals surface area contributed by atoms with Crippen LogP contribution in [0.5, 0.6) is 0 Å². The second-order valence-electron chi connectivity index (χ2n) is 3.60. The maximum Gasteiger partial charge on any atom is 0.0926 e. The van der Waals surface area contributed by atoms with Gasteiger partial charge in [0.25, 0.3) is 0 Å². The molecule has 12 heavy (non-hydrogen) atoms.